The molecule has 4 rings (SSSR count). The summed E-state index contributed by atoms with van der Waals surface area (Å²) >= 11 is 1.43. The number of carbonyl (C=O) groups is 2. The minimum atomic E-state index is -0.148. The Labute approximate surface area is 161 Å². The first kappa shape index (κ1) is 17.7. The summed E-state index contributed by atoms with van der Waals surface area (Å²) in [5, 5.41) is 6.49. The Kier molecular flexibility index (Phi) is 5.16. The van der Waals surface area contributed by atoms with Crippen LogP contribution >= 0.6 is 11.3 Å². The number of fused-ring (bicyclic) bond motifs is 1. The Morgan fingerprint density at radius 3 is 2.52 bits per heavy atom. The van der Waals surface area contributed by atoms with Crippen molar-refractivity contribution in [2.75, 3.05) is 10.6 Å². The molecule has 2 aromatic carbocycles. The maximum atomic E-state index is 12.4. The van der Waals surface area contributed by atoms with Crippen LogP contribution in [-0.4, -0.2) is 16.8 Å². The largest absolute Gasteiger partial charge is 0.322 e. The summed E-state index contributed by atoms with van der Waals surface area (Å²) < 4.78 is 0.930. The highest BCUT2D eigenvalue weighted by Crippen LogP contribution is 2.30. The highest BCUT2D eigenvalue weighted by molar-refractivity contribution is 7.22. The topological polar surface area (TPSA) is 71.1 Å². The lowest BCUT2D eigenvalue weighted by atomic mass is 9.89. The number of benzene rings is 2. The molecule has 5 nitrogen and oxygen atoms in total. The van der Waals surface area contributed by atoms with Crippen molar-refractivity contribution in [3.05, 3.63) is 54.1 Å². The average Bonchev–Trinajstić information content (AvgIpc) is 3.10. The lowest BCUT2D eigenvalue weighted by molar-refractivity contribution is -0.120. The van der Waals surface area contributed by atoms with Gasteiger partial charge in [-0.05, 0) is 43.2 Å². The molecule has 1 saturated carbocycles. The predicted octanol–water partition coefficient (Wildman–Crippen LogP) is 5.07. The summed E-state index contributed by atoms with van der Waals surface area (Å²) in [6.45, 7) is 0. The van der Waals surface area contributed by atoms with Crippen LogP contribution in [-0.2, 0) is 4.79 Å². The highest BCUT2D eigenvalue weighted by Gasteiger charge is 2.22. The molecule has 0 spiro atoms. The predicted molar refractivity (Wildman–Crippen MR) is 109 cm³/mol. The fraction of sp³-hybridized carbons (Fsp3) is 0.286. The summed E-state index contributed by atoms with van der Waals surface area (Å²) in [4.78, 5) is 29.2. The average molecular weight is 379 g/mol. The number of amides is 2. The second kappa shape index (κ2) is 7.88. The van der Waals surface area contributed by atoms with Gasteiger partial charge in [0, 0.05) is 17.2 Å². The van der Waals surface area contributed by atoms with Crippen molar-refractivity contribution < 1.29 is 9.59 Å². The molecule has 27 heavy (non-hydrogen) atoms. The van der Waals surface area contributed by atoms with Crippen molar-refractivity contribution in [3.8, 4) is 0 Å². The van der Waals surface area contributed by atoms with E-state index in [4.69, 9.17) is 0 Å². The Morgan fingerprint density at radius 2 is 1.74 bits per heavy atom. The van der Waals surface area contributed by atoms with Crippen molar-refractivity contribution >= 4 is 44.2 Å². The zero-order valence-corrected chi connectivity index (χ0v) is 15.7. The molecule has 1 aliphatic carbocycles. The Hall–Kier alpha value is -2.73. The smallest absolute Gasteiger partial charge is 0.255 e. The second-order valence-electron chi connectivity index (χ2n) is 6.85. The van der Waals surface area contributed by atoms with Crippen molar-refractivity contribution in [1.29, 1.82) is 0 Å². The third-order valence-corrected chi connectivity index (χ3v) is 5.82. The van der Waals surface area contributed by atoms with Crippen LogP contribution in [0.5, 0.6) is 0 Å². The standard InChI is InChI=1S/C21H21N3O2S/c25-19(14-7-3-1-4-8-14)22-16-11-12-17-18(13-16)27-21(23-17)24-20(26)15-9-5-2-6-10-15/h1,3-4,7-8,11-13,15H,2,5-6,9-10H2,(H,22,25)(H,23,24,26). The van der Waals surface area contributed by atoms with Crippen LogP contribution in [0.2, 0.25) is 0 Å². The molecule has 6 heteroatoms. The van der Waals surface area contributed by atoms with Crippen LogP contribution in [0.1, 0.15) is 42.5 Å². The molecule has 0 radical (unpaired) electrons. The number of anilines is 2. The lowest BCUT2D eigenvalue weighted by Gasteiger charge is -2.19. The van der Waals surface area contributed by atoms with Crippen LogP contribution < -0.4 is 10.6 Å². The van der Waals surface area contributed by atoms with E-state index in [1.165, 1.54) is 17.8 Å². The zero-order valence-electron chi connectivity index (χ0n) is 14.9. The van der Waals surface area contributed by atoms with Crippen molar-refractivity contribution in [2.45, 2.75) is 32.1 Å². The normalized spacial score (nSPS) is 14.8. The minimum Gasteiger partial charge on any atom is -0.322 e. The quantitative estimate of drug-likeness (QED) is 0.665. The van der Waals surface area contributed by atoms with Gasteiger partial charge < -0.3 is 10.6 Å². The SMILES string of the molecule is O=C(Nc1ccc2nc(NC(=O)C3CCCCC3)sc2c1)c1ccccc1. The third-order valence-electron chi connectivity index (χ3n) is 4.89. The van der Waals surface area contributed by atoms with Gasteiger partial charge in [-0.15, -0.1) is 0 Å². The van der Waals surface area contributed by atoms with E-state index in [-0.39, 0.29) is 17.7 Å². The van der Waals surface area contributed by atoms with Crippen LogP contribution in [0.3, 0.4) is 0 Å². The van der Waals surface area contributed by atoms with Crippen molar-refractivity contribution in [3.63, 3.8) is 0 Å². The number of carbonyl (C=O) groups excluding carboxylic acids is 2. The lowest BCUT2D eigenvalue weighted by Crippen LogP contribution is -2.24. The Bertz CT molecular complexity index is 962. The van der Waals surface area contributed by atoms with Crippen LogP contribution in [0.25, 0.3) is 10.2 Å². The van der Waals surface area contributed by atoms with Crippen LogP contribution in [0, 0.1) is 5.92 Å². The van der Waals surface area contributed by atoms with Gasteiger partial charge in [0.25, 0.3) is 5.91 Å². The van der Waals surface area contributed by atoms with E-state index < -0.39 is 0 Å². The number of thiazole rings is 1. The monoisotopic (exact) mass is 379 g/mol. The van der Waals surface area contributed by atoms with E-state index in [2.05, 4.69) is 15.6 Å². The van der Waals surface area contributed by atoms with E-state index >= 15 is 0 Å². The van der Waals surface area contributed by atoms with Gasteiger partial charge in [0.2, 0.25) is 5.91 Å². The number of aromatic nitrogens is 1. The molecule has 0 saturated heterocycles. The molecule has 2 N–H and O–H groups in total. The number of hydrogen-bond acceptors (Lipinski definition) is 4. The fourth-order valence-corrected chi connectivity index (χ4v) is 4.33. The molecule has 138 valence electrons. The summed E-state index contributed by atoms with van der Waals surface area (Å²) in [6.07, 6.45) is 5.41. The first-order chi connectivity index (χ1) is 13.2. The minimum absolute atomic E-state index is 0.0753. The molecule has 2 amide bonds. The molecule has 1 aliphatic rings. The number of nitrogens with one attached hydrogen (secondary N) is 2. The van der Waals surface area contributed by atoms with Gasteiger partial charge in [0.15, 0.2) is 5.13 Å². The molecule has 1 heterocycles. The van der Waals surface area contributed by atoms with Gasteiger partial charge in [0.1, 0.15) is 0 Å². The molecule has 0 bridgehead atoms. The molecule has 0 atom stereocenters. The van der Waals surface area contributed by atoms with E-state index in [0.717, 1.165) is 35.9 Å². The summed E-state index contributed by atoms with van der Waals surface area (Å²) in [7, 11) is 0. The molecule has 1 fully saturated rings. The van der Waals surface area contributed by atoms with Gasteiger partial charge in [-0.3, -0.25) is 9.59 Å². The van der Waals surface area contributed by atoms with Crippen LogP contribution in [0.4, 0.5) is 10.8 Å². The zero-order chi connectivity index (χ0) is 18.6. The number of rotatable bonds is 4. The maximum Gasteiger partial charge on any atom is 0.255 e. The van der Waals surface area contributed by atoms with Gasteiger partial charge in [0.05, 0.1) is 10.2 Å². The van der Waals surface area contributed by atoms with Gasteiger partial charge in [-0.2, -0.15) is 0 Å². The number of hydrogen-bond donors (Lipinski definition) is 2. The maximum absolute atomic E-state index is 12.4. The van der Waals surface area contributed by atoms with Crippen LogP contribution in [0.15, 0.2) is 48.5 Å². The van der Waals surface area contributed by atoms with E-state index in [1.54, 1.807) is 12.1 Å². The second-order valence-corrected chi connectivity index (χ2v) is 7.88. The van der Waals surface area contributed by atoms with Gasteiger partial charge >= 0.3 is 0 Å². The molecule has 0 aliphatic heterocycles. The fourth-order valence-electron chi connectivity index (χ4n) is 3.42. The molecule has 3 aromatic rings. The highest BCUT2D eigenvalue weighted by atomic mass is 32.1. The van der Waals surface area contributed by atoms with E-state index in [9.17, 15) is 9.59 Å². The van der Waals surface area contributed by atoms with Crippen molar-refractivity contribution in [1.82, 2.24) is 4.98 Å². The number of nitrogens with zero attached hydrogens (tertiary/aromatic N) is 1. The van der Waals surface area contributed by atoms with E-state index in [1.807, 2.05) is 36.4 Å². The Balaban J connectivity index is 1.46. The van der Waals surface area contributed by atoms with Crippen molar-refractivity contribution in [2.24, 2.45) is 5.92 Å². The summed E-state index contributed by atoms with van der Waals surface area (Å²) in [5.74, 6) is 0.0307. The molecular formula is C21H21N3O2S. The summed E-state index contributed by atoms with van der Waals surface area (Å²) in [5.41, 5.74) is 2.14. The molecule has 1 aromatic heterocycles. The Morgan fingerprint density at radius 1 is 0.963 bits per heavy atom. The first-order valence-corrected chi connectivity index (χ1v) is 10.1. The van der Waals surface area contributed by atoms with E-state index in [0.29, 0.717) is 16.4 Å². The molecular weight excluding hydrogens is 358 g/mol. The van der Waals surface area contributed by atoms with Gasteiger partial charge in [-0.25, -0.2) is 4.98 Å². The summed E-state index contributed by atoms with van der Waals surface area (Å²) in [6, 6.07) is 14.7. The third kappa shape index (κ3) is 4.17. The van der Waals surface area contributed by atoms with Gasteiger partial charge in [-0.1, -0.05) is 48.8 Å². The first-order valence-electron chi connectivity index (χ1n) is 9.27. The molecule has 0 unspecified atom stereocenters.